The quantitative estimate of drug-likeness (QED) is 0.444. The molecule has 1 rings (SSSR count). The minimum absolute atomic E-state index is 0.166. The summed E-state index contributed by atoms with van der Waals surface area (Å²) < 4.78 is 9.72. The Morgan fingerprint density at radius 3 is 2.00 bits per heavy atom. The van der Waals surface area contributed by atoms with E-state index in [9.17, 15) is 9.59 Å². The number of esters is 2. The van der Waals surface area contributed by atoms with Gasteiger partial charge in [0.05, 0.1) is 5.88 Å². The SMILES string of the molecule is C=C(C)C(=O)OC1CCCC1.C=C(C)C(=O)OCCCl. The van der Waals surface area contributed by atoms with Crippen LogP contribution < -0.4 is 0 Å². The zero-order valence-corrected chi connectivity index (χ0v) is 13.0. The van der Waals surface area contributed by atoms with Gasteiger partial charge < -0.3 is 9.47 Å². The van der Waals surface area contributed by atoms with E-state index in [1.54, 1.807) is 13.8 Å². The Balaban J connectivity index is 0.000000370. The standard InChI is InChI=1S/C9H14O2.C6H9ClO2/c1-7(2)9(10)11-8-5-3-4-6-8;1-5(2)6(8)9-4-3-7/h8H,1,3-6H2,2H3;1,3-4H2,2H3. The van der Waals surface area contributed by atoms with Crippen LogP contribution in [0.4, 0.5) is 0 Å². The number of carbonyl (C=O) groups is 2. The molecule has 1 saturated carbocycles. The van der Waals surface area contributed by atoms with Crippen LogP contribution in [-0.2, 0) is 19.1 Å². The molecule has 114 valence electrons. The Hall–Kier alpha value is -1.29. The van der Waals surface area contributed by atoms with Crippen molar-refractivity contribution in [2.24, 2.45) is 0 Å². The lowest BCUT2D eigenvalue weighted by Crippen LogP contribution is -2.14. The van der Waals surface area contributed by atoms with Gasteiger partial charge in [-0.3, -0.25) is 0 Å². The Morgan fingerprint density at radius 1 is 1.10 bits per heavy atom. The summed E-state index contributed by atoms with van der Waals surface area (Å²) in [6.45, 7) is 10.4. The van der Waals surface area contributed by atoms with Crippen LogP contribution in [0.15, 0.2) is 24.3 Å². The highest BCUT2D eigenvalue weighted by Crippen LogP contribution is 2.21. The molecule has 20 heavy (non-hydrogen) atoms. The molecule has 0 amide bonds. The van der Waals surface area contributed by atoms with Crippen LogP contribution in [0.25, 0.3) is 0 Å². The van der Waals surface area contributed by atoms with Crippen LogP contribution in [-0.4, -0.2) is 30.5 Å². The molecule has 0 aromatic heterocycles. The number of halogens is 1. The summed E-state index contributed by atoms with van der Waals surface area (Å²) in [4.78, 5) is 21.5. The molecule has 1 fully saturated rings. The second kappa shape index (κ2) is 10.5. The monoisotopic (exact) mass is 302 g/mol. The number of hydrogen-bond donors (Lipinski definition) is 0. The summed E-state index contributed by atoms with van der Waals surface area (Å²) in [5, 5.41) is 0. The minimum Gasteiger partial charge on any atom is -0.461 e. The minimum atomic E-state index is -0.379. The first-order chi connectivity index (χ1) is 9.38. The largest absolute Gasteiger partial charge is 0.461 e. The van der Waals surface area contributed by atoms with Crippen LogP contribution in [0.3, 0.4) is 0 Å². The van der Waals surface area contributed by atoms with Gasteiger partial charge in [-0.25, -0.2) is 9.59 Å². The molecule has 0 aromatic carbocycles. The van der Waals surface area contributed by atoms with E-state index >= 15 is 0 Å². The predicted molar refractivity (Wildman–Crippen MR) is 79.7 cm³/mol. The van der Waals surface area contributed by atoms with E-state index in [4.69, 9.17) is 16.3 Å². The van der Waals surface area contributed by atoms with Gasteiger partial charge in [0.15, 0.2) is 0 Å². The molecular formula is C15H23ClO4. The van der Waals surface area contributed by atoms with Crippen molar-refractivity contribution in [2.45, 2.75) is 45.6 Å². The second-order valence-corrected chi connectivity index (χ2v) is 5.08. The Kier molecular flexibility index (Phi) is 9.82. The molecule has 1 aliphatic carbocycles. The van der Waals surface area contributed by atoms with E-state index in [1.165, 1.54) is 12.8 Å². The summed E-state index contributed by atoms with van der Waals surface area (Å²) in [6.07, 6.45) is 4.60. The fourth-order valence-corrected chi connectivity index (χ4v) is 1.59. The molecule has 0 atom stereocenters. The van der Waals surface area contributed by atoms with Gasteiger partial charge in [-0.2, -0.15) is 0 Å². The van der Waals surface area contributed by atoms with Crippen molar-refractivity contribution in [3.05, 3.63) is 24.3 Å². The van der Waals surface area contributed by atoms with Gasteiger partial charge >= 0.3 is 11.9 Å². The smallest absolute Gasteiger partial charge is 0.333 e. The van der Waals surface area contributed by atoms with E-state index in [2.05, 4.69) is 17.9 Å². The van der Waals surface area contributed by atoms with Crippen molar-refractivity contribution in [1.29, 1.82) is 0 Å². The van der Waals surface area contributed by atoms with Crippen molar-refractivity contribution in [3.63, 3.8) is 0 Å². The van der Waals surface area contributed by atoms with Gasteiger partial charge in [0.2, 0.25) is 0 Å². The number of rotatable bonds is 5. The third-order valence-corrected chi connectivity index (χ3v) is 2.74. The lowest BCUT2D eigenvalue weighted by atomic mass is 10.3. The van der Waals surface area contributed by atoms with Crippen LogP contribution >= 0.6 is 11.6 Å². The third kappa shape index (κ3) is 8.75. The summed E-state index contributed by atoms with van der Waals surface area (Å²) in [5.74, 6) is -0.286. The highest BCUT2D eigenvalue weighted by molar-refractivity contribution is 6.18. The highest BCUT2D eigenvalue weighted by Gasteiger charge is 2.18. The molecule has 0 saturated heterocycles. The highest BCUT2D eigenvalue weighted by atomic mass is 35.5. The first-order valence-corrected chi connectivity index (χ1v) is 7.17. The van der Waals surface area contributed by atoms with E-state index < -0.39 is 0 Å². The molecule has 5 heteroatoms. The van der Waals surface area contributed by atoms with Crippen molar-refractivity contribution in [1.82, 2.24) is 0 Å². The molecule has 0 aromatic rings. The Morgan fingerprint density at radius 2 is 1.60 bits per heavy atom. The molecular weight excluding hydrogens is 280 g/mol. The van der Waals surface area contributed by atoms with Gasteiger partial charge in [0, 0.05) is 11.1 Å². The van der Waals surface area contributed by atoms with Crippen LogP contribution in [0.2, 0.25) is 0 Å². The first-order valence-electron chi connectivity index (χ1n) is 6.63. The summed E-state index contributed by atoms with van der Waals surface area (Å²) in [7, 11) is 0. The average molecular weight is 303 g/mol. The van der Waals surface area contributed by atoms with Gasteiger partial charge in [0.1, 0.15) is 12.7 Å². The van der Waals surface area contributed by atoms with E-state index in [0.29, 0.717) is 17.0 Å². The zero-order valence-electron chi connectivity index (χ0n) is 12.2. The zero-order chi connectivity index (χ0) is 15.5. The Labute approximate surface area is 125 Å². The van der Waals surface area contributed by atoms with Gasteiger partial charge in [-0.1, -0.05) is 13.2 Å². The average Bonchev–Trinajstić information content (AvgIpc) is 2.89. The van der Waals surface area contributed by atoms with Crippen molar-refractivity contribution >= 4 is 23.5 Å². The molecule has 0 bridgehead atoms. The normalized spacial score (nSPS) is 13.9. The fraction of sp³-hybridized carbons (Fsp3) is 0.600. The first kappa shape index (κ1) is 18.7. The van der Waals surface area contributed by atoms with Crippen LogP contribution in [0.5, 0.6) is 0 Å². The van der Waals surface area contributed by atoms with Crippen molar-refractivity contribution in [2.75, 3.05) is 12.5 Å². The Bertz CT molecular complexity index is 357. The lowest BCUT2D eigenvalue weighted by molar-refractivity contribution is -0.143. The topological polar surface area (TPSA) is 52.6 Å². The van der Waals surface area contributed by atoms with E-state index in [1.807, 2.05) is 0 Å². The van der Waals surface area contributed by atoms with Crippen molar-refractivity contribution in [3.8, 4) is 0 Å². The summed E-state index contributed by atoms with van der Waals surface area (Å²) >= 11 is 5.24. The molecule has 0 aliphatic heterocycles. The van der Waals surface area contributed by atoms with Gasteiger partial charge in [-0.15, -0.1) is 11.6 Å². The summed E-state index contributed by atoms with van der Waals surface area (Å²) in [6, 6.07) is 0. The van der Waals surface area contributed by atoms with Gasteiger partial charge in [0.25, 0.3) is 0 Å². The molecule has 0 radical (unpaired) electrons. The predicted octanol–water partition coefficient (Wildman–Crippen LogP) is 3.39. The van der Waals surface area contributed by atoms with Crippen molar-refractivity contribution < 1.29 is 19.1 Å². The number of alkyl halides is 1. The molecule has 0 spiro atoms. The number of ether oxygens (including phenoxy) is 2. The molecule has 1 aliphatic rings. The van der Waals surface area contributed by atoms with E-state index in [-0.39, 0.29) is 24.6 Å². The molecule has 0 unspecified atom stereocenters. The van der Waals surface area contributed by atoms with Crippen LogP contribution in [0.1, 0.15) is 39.5 Å². The van der Waals surface area contributed by atoms with E-state index in [0.717, 1.165) is 12.8 Å². The lowest BCUT2D eigenvalue weighted by Gasteiger charge is -2.10. The third-order valence-electron chi connectivity index (χ3n) is 2.58. The molecule has 0 N–H and O–H groups in total. The maximum absolute atomic E-state index is 11.0. The van der Waals surface area contributed by atoms with Gasteiger partial charge in [-0.05, 0) is 39.5 Å². The fourth-order valence-electron chi connectivity index (χ4n) is 1.51. The van der Waals surface area contributed by atoms with Crippen LogP contribution in [0, 0.1) is 0 Å². The molecule has 4 nitrogen and oxygen atoms in total. The number of hydrogen-bond acceptors (Lipinski definition) is 4. The number of carbonyl (C=O) groups excluding carboxylic acids is 2. The second-order valence-electron chi connectivity index (χ2n) is 4.70. The summed E-state index contributed by atoms with van der Waals surface area (Å²) in [5.41, 5.74) is 0.900. The molecule has 0 heterocycles. The maximum atomic E-state index is 11.0. The maximum Gasteiger partial charge on any atom is 0.333 e.